The van der Waals surface area contributed by atoms with Crippen LogP contribution in [-0.4, -0.2) is 32.8 Å². The second-order valence-electron chi connectivity index (χ2n) is 7.69. The quantitative estimate of drug-likeness (QED) is 0.365. The summed E-state index contributed by atoms with van der Waals surface area (Å²) in [6, 6.07) is 12.3. The molecule has 1 N–H and O–H groups in total. The van der Waals surface area contributed by atoms with E-state index in [2.05, 4.69) is 15.0 Å². The molecule has 0 radical (unpaired) electrons. The highest BCUT2D eigenvalue weighted by molar-refractivity contribution is 8.00. The van der Waals surface area contributed by atoms with Gasteiger partial charge < -0.3 is 10.1 Å². The second kappa shape index (κ2) is 9.75. The molecule has 1 aromatic heterocycles. The number of ether oxygens (including phenoxy) is 1. The fourth-order valence-corrected chi connectivity index (χ4v) is 5.31. The Hall–Kier alpha value is -2.92. The Kier molecular flexibility index (Phi) is 6.94. The molecule has 178 valence electrons. The van der Waals surface area contributed by atoms with Crippen molar-refractivity contribution in [2.75, 3.05) is 11.1 Å². The molecule has 2 aromatic carbocycles. The Bertz CT molecular complexity index is 1260. The molecule has 0 saturated carbocycles. The number of nitrogens with zero attached hydrogens (tertiary/aromatic N) is 2. The standard InChI is InChI=1S/C23H20F3N3O3S2/c1-13-3-7-16(8-4-13)29-21(31)20-18(11-14(2)34-20)28-22(29)33-12-19(30)27-15-5-9-17(10-6-15)32-23(24,25)26/h3-10,14H,11-12H2,1-2H3,(H,27,30). The number of carbonyl (C=O) groups excluding carboxylic acids is 1. The molecule has 1 unspecified atom stereocenters. The van der Waals surface area contributed by atoms with Gasteiger partial charge in [-0.05, 0) is 43.3 Å². The minimum absolute atomic E-state index is 0.0411. The van der Waals surface area contributed by atoms with Gasteiger partial charge in [-0.15, -0.1) is 24.9 Å². The van der Waals surface area contributed by atoms with Crippen LogP contribution >= 0.6 is 23.5 Å². The van der Waals surface area contributed by atoms with E-state index in [1.165, 1.54) is 28.5 Å². The Morgan fingerprint density at radius 3 is 2.53 bits per heavy atom. The average molecular weight is 508 g/mol. The second-order valence-corrected chi connectivity index (χ2v) is 10.1. The van der Waals surface area contributed by atoms with E-state index in [4.69, 9.17) is 0 Å². The van der Waals surface area contributed by atoms with Gasteiger partial charge in [-0.2, -0.15) is 0 Å². The van der Waals surface area contributed by atoms with Crippen LogP contribution in [0, 0.1) is 6.92 Å². The van der Waals surface area contributed by atoms with Gasteiger partial charge in [0.05, 0.1) is 22.0 Å². The topological polar surface area (TPSA) is 73.2 Å². The normalized spacial score (nSPS) is 15.1. The Morgan fingerprint density at radius 1 is 1.21 bits per heavy atom. The zero-order chi connectivity index (χ0) is 24.5. The van der Waals surface area contributed by atoms with Gasteiger partial charge in [-0.25, -0.2) is 4.98 Å². The van der Waals surface area contributed by atoms with Gasteiger partial charge >= 0.3 is 6.36 Å². The van der Waals surface area contributed by atoms with Crippen LogP contribution in [-0.2, 0) is 11.2 Å². The first-order valence-electron chi connectivity index (χ1n) is 10.3. The number of benzene rings is 2. The van der Waals surface area contributed by atoms with Gasteiger partial charge in [0.1, 0.15) is 5.75 Å². The number of rotatable bonds is 6. The zero-order valence-electron chi connectivity index (χ0n) is 18.2. The lowest BCUT2D eigenvalue weighted by Gasteiger charge is -2.14. The van der Waals surface area contributed by atoms with Crippen LogP contribution in [0.15, 0.2) is 63.4 Å². The molecule has 1 aliphatic heterocycles. The number of amides is 1. The summed E-state index contributed by atoms with van der Waals surface area (Å²) in [5.74, 6) is -0.806. The summed E-state index contributed by atoms with van der Waals surface area (Å²) < 4.78 is 42.2. The third-order valence-electron chi connectivity index (χ3n) is 4.88. The van der Waals surface area contributed by atoms with Gasteiger partial charge in [0.25, 0.3) is 5.56 Å². The summed E-state index contributed by atoms with van der Waals surface area (Å²) in [6.45, 7) is 3.99. The monoisotopic (exact) mass is 507 g/mol. The minimum atomic E-state index is -4.78. The lowest BCUT2D eigenvalue weighted by molar-refractivity contribution is -0.274. The summed E-state index contributed by atoms with van der Waals surface area (Å²) in [5.41, 5.74) is 2.60. The maximum absolute atomic E-state index is 13.3. The van der Waals surface area contributed by atoms with Crippen LogP contribution in [0.2, 0.25) is 0 Å². The van der Waals surface area contributed by atoms with Crippen LogP contribution in [0.25, 0.3) is 5.69 Å². The van der Waals surface area contributed by atoms with Crippen LogP contribution < -0.4 is 15.6 Å². The summed E-state index contributed by atoms with van der Waals surface area (Å²) in [6.07, 6.45) is -4.11. The highest BCUT2D eigenvalue weighted by atomic mass is 32.2. The molecule has 4 rings (SSSR count). The van der Waals surface area contributed by atoms with Gasteiger partial charge in [0, 0.05) is 17.4 Å². The van der Waals surface area contributed by atoms with E-state index in [1.54, 1.807) is 0 Å². The molecule has 1 atom stereocenters. The van der Waals surface area contributed by atoms with Crippen molar-refractivity contribution >= 4 is 35.1 Å². The summed E-state index contributed by atoms with van der Waals surface area (Å²) in [4.78, 5) is 31.1. The fraction of sp³-hybridized carbons (Fsp3) is 0.261. The molecule has 6 nitrogen and oxygen atoms in total. The van der Waals surface area contributed by atoms with Gasteiger partial charge in [0.2, 0.25) is 5.91 Å². The number of anilines is 1. The van der Waals surface area contributed by atoms with Crippen molar-refractivity contribution in [3.8, 4) is 11.4 Å². The van der Waals surface area contributed by atoms with E-state index < -0.39 is 6.36 Å². The predicted octanol–water partition coefficient (Wildman–Crippen LogP) is 5.21. The highest BCUT2D eigenvalue weighted by Gasteiger charge is 2.31. The molecular weight excluding hydrogens is 487 g/mol. The number of aryl methyl sites for hydroxylation is 1. The van der Waals surface area contributed by atoms with Crippen LogP contribution in [0.1, 0.15) is 18.2 Å². The highest BCUT2D eigenvalue weighted by Crippen LogP contribution is 2.35. The molecular formula is C23H20F3N3O3S2. The maximum atomic E-state index is 13.3. The molecule has 0 saturated heterocycles. The molecule has 0 spiro atoms. The molecule has 34 heavy (non-hydrogen) atoms. The number of nitrogens with one attached hydrogen (secondary N) is 1. The molecule has 0 fully saturated rings. The van der Waals surface area contributed by atoms with Crippen molar-refractivity contribution in [1.82, 2.24) is 9.55 Å². The predicted molar refractivity (Wildman–Crippen MR) is 126 cm³/mol. The maximum Gasteiger partial charge on any atom is 0.573 e. The van der Waals surface area contributed by atoms with Crippen molar-refractivity contribution < 1.29 is 22.7 Å². The number of carbonyl (C=O) groups is 1. The first-order valence-corrected chi connectivity index (χ1v) is 12.1. The molecule has 0 aliphatic carbocycles. The molecule has 2 heterocycles. The molecule has 11 heteroatoms. The molecule has 1 amide bonds. The third kappa shape index (κ3) is 5.76. The van der Waals surface area contributed by atoms with Gasteiger partial charge in [-0.3, -0.25) is 14.2 Å². The summed E-state index contributed by atoms with van der Waals surface area (Å²) in [5, 5.41) is 3.28. The van der Waals surface area contributed by atoms with Crippen LogP contribution in [0.3, 0.4) is 0 Å². The number of halogens is 3. The van der Waals surface area contributed by atoms with E-state index in [1.807, 2.05) is 38.1 Å². The first-order chi connectivity index (χ1) is 16.1. The summed E-state index contributed by atoms with van der Waals surface area (Å²) in [7, 11) is 0. The van der Waals surface area contributed by atoms with Gasteiger partial charge in [0.15, 0.2) is 5.16 Å². The van der Waals surface area contributed by atoms with Crippen molar-refractivity contribution in [3.05, 3.63) is 70.1 Å². The lowest BCUT2D eigenvalue weighted by atomic mass is 10.2. The number of hydrogen-bond donors (Lipinski definition) is 1. The SMILES string of the molecule is Cc1ccc(-n2c(SCC(=O)Nc3ccc(OC(F)(F)F)cc3)nc3c(c2=O)SC(C)C3)cc1. The molecule has 3 aromatic rings. The van der Waals surface area contributed by atoms with E-state index >= 15 is 0 Å². The first kappa shape index (κ1) is 24.2. The minimum Gasteiger partial charge on any atom is -0.406 e. The number of thioether (sulfide) groups is 2. The van der Waals surface area contributed by atoms with Crippen molar-refractivity contribution in [3.63, 3.8) is 0 Å². The Labute approximate surface area is 201 Å². The average Bonchev–Trinajstić information content (AvgIpc) is 3.14. The smallest absolute Gasteiger partial charge is 0.406 e. The number of hydrogen-bond acceptors (Lipinski definition) is 6. The van der Waals surface area contributed by atoms with Crippen molar-refractivity contribution in [2.45, 2.75) is 41.9 Å². The van der Waals surface area contributed by atoms with Crippen LogP contribution in [0.4, 0.5) is 18.9 Å². The summed E-state index contributed by atoms with van der Waals surface area (Å²) >= 11 is 2.63. The Balaban J connectivity index is 1.52. The molecule has 1 aliphatic rings. The molecule has 0 bridgehead atoms. The zero-order valence-corrected chi connectivity index (χ0v) is 19.8. The Morgan fingerprint density at radius 2 is 1.88 bits per heavy atom. The van der Waals surface area contributed by atoms with E-state index in [0.717, 1.165) is 35.2 Å². The van der Waals surface area contributed by atoms with E-state index in [9.17, 15) is 22.8 Å². The van der Waals surface area contributed by atoms with Crippen LogP contribution in [0.5, 0.6) is 5.75 Å². The number of aromatic nitrogens is 2. The fourth-order valence-electron chi connectivity index (χ4n) is 3.39. The van der Waals surface area contributed by atoms with Crippen molar-refractivity contribution in [1.29, 1.82) is 0 Å². The van der Waals surface area contributed by atoms with E-state index in [0.29, 0.717) is 27.8 Å². The van der Waals surface area contributed by atoms with E-state index in [-0.39, 0.29) is 28.2 Å². The number of alkyl halides is 3. The third-order valence-corrected chi connectivity index (χ3v) is 7.03. The number of fused-ring (bicyclic) bond motifs is 1. The largest absolute Gasteiger partial charge is 0.573 e. The van der Waals surface area contributed by atoms with Gasteiger partial charge in [-0.1, -0.05) is 36.4 Å². The lowest BCUT2D eigenvalue weighted by Crippen LogP contribution is -2.24. The van der Waals surface area contributed by atoms with Crippen molar-refractivity contribution in [2.24, 2.45) is 0 Å².